The lowest BCUT2D eigenvalue weighted by molar-refractivity contribution is 0.0481. The zero-order valence-corrected chi connectivity index (χ0v) is 10.9. The third kappa shape index (κ3) is 2.94. The van der Waals surface area contributed by atoms with Crippen LogP contribution in [0.3, 0.4) is 0 Å². The zero-order chi connectivity index (χ0) is 12.5. The number of nitrogens with zero attached hydrogens (tertiary/aromatic N) is 3. The van der Waals surface area contributed by atoms with E-state index in [0.717, 1.165) is 49.6 Å². The molecule has 1 N–H and O–H groups in total. The SMILES string of the molecule is Cc1cnc(C)c(N2CCCC(C)(O)CC2)n1. The van der Waals surface area contributed by atoms with Crippen molar-refractivity contribution in [2.45, 2.75) is 45.6 Å². The Morgan fingerprint density at radius 3 is 2.82 bits per heavy atom. The molecule has 0 radical (unpaired) electrons. The van der Waals surface area contributed by atoms with Gasteiger partial charge in [0.25, 0.3) is 0 Å². The lowest BCUT2D eigenvalue weighted by atomic mass is 9.98. The van der Waals surface area contributed by atoms with E-state index in [0.29, 0.717) is 0 Å². The number of anilines is 1. The summed E-state index contributed by atoms with van der Waals surface area (Å²) in [5, 5.41) is 10.1. The molecule has 1 saturated heterocycles. The normalized spacial score (nSPS) is 25.8. The van der Waals surface area contributed by atoms with Crippen molar-refractivity contribution in [3.8, 4) is 0 Å². The van der Waals surface area contributed by atoms with Crippen molar-refractivity contribution in [3.63, 3.8) is 0 Å². The van der Waals surface area contributed by atoms with Crippen molar-refractivity contribution in [1.82, 2.24) is 9.97 Å². The van der Waals surface area contributed by atoms with Gasteiger partial charge in [-0.05, 0) is 40.0 Å². The Kier molecular flexibility index (Phi) is 3.33. The summed E-state index contributed by atoms with van der Waals surface area (Å²) in [6.07, 6.45) is 4.46. The molecule has 0 aromatic carbocycles. The summed E-state index contributed by atoms with van der Waals surface area (Å²) >= 11 is 0. The molecule has 2 heterocycles. The minimum Gasteiger partial charge on any atom is -0.390 e. The van der Waals surface area contributed by atoms with E-state index in [9.17, 15) is 5.11 Å². The van der Waals surface area contributed by atoms with Crippen LogP contribution >= 0.6 is 0 Å². The first-order chi connectivity index (χ1) is 7.98. The van der Waals surface area contributed by atoms with Crippen LogP contribution in [0, 0.1) is 13.8 Å². The highest BCUT2D eigenvalue weighted by Crippen LogP contribution is 2.25. The van der Waals surface area contributed by atoms with Crippen LogP contribution in [-0.2, 0) is 0 Å². The summed E-state index contributed by atoms with van der Waals surface area (Å²) in [6.45, 7) is 7.68. The van der Waals surface area contributed by atoms with E-state index in [-0.39, 0.29) is 0 Å². The summed E-state index contributed by atoms with van der Waals surface area (Å²) < 4.78 is 0. The molecule has 0 aliphatic carbocycles. The quantitative estimate of drug-likeness (QED) is 0.807. The van der Waals surface area contributed by atoms with Gasteiger partial charge in [-0.1, -0.05) is 0 Å². The number of aliphatic hydroxyl groups is 1. The van der Waals surface area contributed by atoms with Crippen LogP contribution in [-0.4, -0.2) is 33.8 Å². The molecule has 17 heavy (non-hydrogen) atoms. The molecule has 0 saturated carbocycles. The first kappa shape index (κ1) is 12.3. The molecule has 2 rings (SSSR count). The van der Waals surface area contributed by atoms with Gasteiger partial charge >= 0.3 is 0 Å². The van der Waals surface area contributed by atoms with Gasteiger partial charge in [0.05, 0.1) is 17.0 Å². The Bertz CT molecular complexity index is 404. The third-order valence-corrected chi connectivity index (χ3v) is 3.41. The second kappa shape index (κ2) is 4.61. The number of aryl methyl sites for hydroxylation is 2. The smallest absolute Gasteiger partial charge is 0.150 e. The predicted molar refractivity (Wildman–Crippen MR) is 68.2 cm³/mol. The Morgan fingerprint density at radius 2 is 2.06 bits per heavy atom. The molecule has 4 nitrogen and oxygen atoms in total. The maximum Gasteiger partial charge on any atom is 0.150 e. The van der Waals surface area contributed by atoms with E-state index < -0.39 is 5.60 Å². The molecule has 0 amide bonds. The first-order valence-electron chi connectivity index (χ1n) is 6.25. The van der Waals surface area contributed by atoms with Crippen LogP contribution in [0.15, 0.2) is 6.20 Å². The monoisotopic (exact) mass is 235 g/mol. The average Bonchev–Trinajstić information content (AvgIpc) is 2.43. The van der Waals surface area contributed by atoms with Gasteiger partial charge in [-0.15, -0.1) is 0 Å². The Balaban J connectivity index is 2.19. The third-order valence-electron chi connectivity index (χ3n) is 3.41. The van der Waals surface area contributed by atoms with Gasteiger partial charge in [0, 0.05) is 19.3 Å². The number of rotatable bonds is 1. The summed E-state index contributed by atoms with van der Waals surface area (Å²) in [6, 6.07) is 0. The zero-order valence-electron chi connectivity index (χ0n) is 10.9. The number of hydrogen-bond acceptors (Lipinski definition) is 4. The molecule has 1 aromatic heterocycles. The molecule has 0 spiro atoms. The van der Waals surface area contributed by atoms with Gasteiger partial charge in [0.2, 0.25) is 0 Å². The maximum absolute atomic E-state index is 10.1. The summed E-state index contributed by atoms with van der Waals surface area (Å²) in [5.41, 5.74) is 1.39. The lowest BCUT2D eigenvalue weighted by Crippen LogP contribution is -2.29. The standard InChI is InChI=1S/C13H21N3O/c1-10-9-14-11(2)12(15-10)16-7-4-5-13(3,17)6-8-16/h9,17H,4-8H2,1-3H3. The van der Waals surface area contributed by atoms with E-state index in [4.69, 9.17) is 0 Å². The number of aromatic nitrogens is 2. The second-order valence-corrected chi connectivity index (χ2v) is 5.26. The highest BCUT2D eigenvalue weighted by molar-refractivity contribution is 5.43. The predicted octanol–water partition coefficient (Wildman–Crippen LogP) is 1.83. The highest BCUT2D eigenvalue weighted by atomic mass is 16.3. The molecule has 1 unspecified atom stereocenters. The molecule has 1 aliphatic heterocycles. The van der Waals surface area contributed by atoms with Crippen LogP contribution in [0.5, 0.6) is 0 Å². The van der Waals surface area contributed by atoms with E-state index >= 15 is 0 Å². The number of hydrogen-bond donors (Lipinski definition) is 1. The molecular formula is C13H21N3O. The Morgan fingerprint density at radius 1 is 1.29 bits per heavy atom. The van der Waals surface area contributed by atoms with E-state index in [2.05, 4.69) is 14.9 Å². The molecule has 1 atom stereocenters. The van der Waals surface area contributed by atoms with Gasteiger partial charge in [-0.3, -0.25) is 4.98 Å². The Hall–Kier alpha value is -1.16. The average molecular weight is 235 g/mol. The van der Waals surface area contributed by atoms with Crippen LogP contribution in [0.2, 0.25) is 0 Å². The van der Waals surface area contributed by atoms with Crippen LogP contribution in [0.4, 0.5) is 5.82 Å². The fraction of sp³-hybridized carbons (Fsp3) is 0.692. The van der Waals surface area contributed by atoms with Crippen molar-refractivity contribution in [2.24, 2.45) is 0 Å². The molecule has 0 bridgehead atoms. The Labute approximate surface area is 103 Å². The van der Waals surface area contributed by atoms with Crippen LogP contribution < -0.4 is 4.90 Å². The van der Waals surface area contributed by atoms with Gasteiger partial charge in [-0.2, -0.15) is 0 Å². The fourth-order valence-corrected chi connectivity index (χ4v) is 2.30. The molecule has 1 aromatic rings. The molecule has 4 heteroatoms. The summed E-state index contributed by atoms with van der Waals surface area (Å²) in [5.74, 6) is 0.975. The minimum atomic E-state index is -0.528. The first-order valence-corrected chi connectivity index (χ1v) is 6.25. The van der Waals surface area contributed by atoms with E-state index in [1.165, 1.54) is 0 Å². The van der Waals surface area contributed by atoms with Crippen molar-refractivity contribution in [1.29, 1.82) is 0 Å². The van der Waals surface area contributed by atoms with Gasteiger partial charge in [0.1, 0.15) is 5.82 Å². The highest BCUT2D eigenvalue weighted by Gasteiger charge is 2.26. The summed E-state index contributed by atoms with van der Waals surface area (Å²) in [4.78, 5) is 11.2. The molecular weight excluding hydrogens is 214 g/mol. The van der Waals surface area contributed by atoms with Crippen LogP contribution in [0.25, 0.3) is 0 Å². The van der Waals surface area contributed by atoms with Crippen molar-refractivity contribution >= 4 is 5.82 Å². The van der Waals surface area contributed by atoms with Gasteiger partial charge < -0.3 is 10.0 Å². The van der Waals surface area contributed by atoms with E-state index in [1.54, 1.807) is 6.20 Å². The topological polar surface area (TPSA) is 49.2 Å². The summed E-state index contributed by atoms with van der Waals surface area (Å²) in [7, 11) is 0. The van der Waals surface area contributed by atoms with Crippen molar-refractivity contribution in [2.75, 3.05) is 18.0 Å². The molecule has 1 aliphatic rings. The van der Waals surface area contributed by atoms with Crippen LogP contribution in [0.1, 0.15) is 37.6 Å². The van der Waals surface area contributed by atoms with E-state index in [1.807, 2.05) is 20.8 Å². The minimum absolute atomic E-state index is 0.528. The largest absolute Gasteiger partial charge is 0.390 e. The van der Waals surface area contributed by atoms with Gasteiger partial charge in [-0.25, -0.2) is 4.98 Å². The molecule has 94 valence electrons. The molecule has 1 fully saturated rings. The second-order valence-electron chi connectivity index (χ2n) is 5.26. The van der Waals surface area contributed by atoms with Crippen molar-refractivity contribution in [3.05, 3.63) is 17.6 Å². The van der Waals surface area contributed by atoms with Crippen molar-refractivity contribution < 1.29 is 5.11 Å². The maximum atomic E-state index is 10.1. The lowest BCUT2D eigenvalue weighted by Gasteiger charge is -2.24. The fourth-order valence-electron chi connectivity index (χ4n) is 2.30. The van der Waals surface area contributed by atoms with Gasteiger partial charge in [0.15, 0.2) is 0 Å².